The van der Waals surface area contributed by atoms with Gasteiger partial charge in [-0.05, 0) is 12.1 Å². The topological polar surface area (TPSA) is 75.6 Å². The van der Waals surface area contributed by atoms with Crippen LogP contribution >= 0.6 is 0 Å². The van der Waals surface area contributed by atoms with Crippen molar-refractivity contribution >= 4 is 5.82 Å². The summed E-state index contributed by atoms with van der Waals surface area (Å²) in [6.07, 6.45) is -4.43. The number of benzene rings is 2. The van der Waals surface area contributed by atoms with Crippen molar-refractivity contribution in [1.29, 1.82) is 5.26 Å². The fourth-order valence-corrected chi connectivity index (χ4v) is 2.35. The highest BCUT2D eigenvalue weighted by molar-refractivity contribution is 5.79. The molecule has 0 saturated carbocycles. The molecular weight excluding hydrogens is 329 g/mol. The Morgan fingerprint density at radius 1 is 0.840 bits per heavy atom. The Morgan fingerprint density at radius 2 is 1.40 bits per heavy atom. The number of rotatable bonds is 2. The molecule has 0 atom stereocenters. The number of nitrogen functional groups attached to an aromatic ring is 1. The van der Waals surface area contributed by atoms with E-state index in [2.05, 4.69) is 9.97 Å². The van der Waals surface area contributed by atoms with Crippen LogP contribution in [0.5, 0.6) is 0 Å². The van der Waals surface area contributed by atoms with Gasteiger partial charge in [0.1, 0.15) is 6.07 Å². The van der Waals surface area contributed by atoms with Gasteiger partial charge in [0.05, 0.1) is 17.0 Å². The SMILES string of the molecule is N#Cc1nc(-c2ccc(C(F)(F)F)cc2)c(-c2ccccc2)nc1N. The monoisotopic (exact) mass is 340 g/mol. The van der Waals surface area contributed by atoms with Gasteiger partial charge in [-0.25, -0.2) is 9.97 Å². The largest absolute Gasteiger partial charge is 0.416 e. The molecule has 1 heterocycles. The Hall–Kier alpha value is -3.40. The number of alkyl halides is 3. The molecule has 3 aromatic rings. The van der Waals surface area contributed by atoms with Crippen molar-refractivity contribution in [3.05, 3.63) is 65.9 Å². The Kier molecular flexibility index (Phi) is 4.11. The van der Waals surface area contributed by atoms with Crippen molar-refractivity contribution < 1.29 is 13.2 Å². The zero-order valence-electron chi connectivity index (χ0n) is 12.7. The van der Waals surface area contributed by atoms with Crippen LogP contribution in [0.2, 0.25) is 0 Å². The lowest BCUT2D eigenvalue weighted by atomic mass is 10.0. The maximum absolute atomic E-state index is 12.8. The Morgan fingerprint density at radius 3 is 1.96 bits per heavy atom. The van der Waals surface area contributed by atoms with E-state index in [0.29, 0.717) is 22.5 Å². The highest BCUT2D eigenvalue weighted by atomic mass is 19.4. The minimum Gasteiger partial charge on any atom is -0.381 e. The number of nitrogens with zero attached hydrogens (tertiary/aromatic N) is 3. The van der Waals surface area contributed by atoms with Crippen molar-refractivity contribution in [3.8, 4) is 28.6 Å². The molecule has 0 aliphatic heterocycles. The number of anilines is 1. The van der Waals surface area contributed by atoms with Gasteiger partial charge in [0.25, 0.3) is 0 Å². The average molecular weight is 340 g/mol. The predicted octanol–water partition coefficient (Wildman–Crippen LogP) is 4.28. The lowest BCUT2D eigenvalue weighted by molar-refractivity contribution is -0.137. The number of nitrogens with two attached hydrogens (primary N) is 1. The molecule has 4 nitrogen and oxygen atoms in total. The van der Waals surface area contributed by atoms with Crippen molar-refractivity contribution in [1.82, 2.24) is 9.97 Å². The molecule has 2 N–H and O–H groups in total. The maximum Gasteiger partial charge on any atom is 0.416 e. The smallest absolute Gasteiger partial charge is 0.381 e. The summed E-state index contributed by atoms with van der Waals surface area (Å²) in [7, 11) is 0. The van der Waals surface area contributed by atoms with Crippen LogP contribution in [-0.4, -0.2) is 9.97 Å². The van der Waals surface area contributed by atoms with Crippen LogP contribution < -0.4 is 5.73 Å². The summed E-state index contributed by atoms with van der Waals surface area (Å²) < 4.78 is 38.3. The van der Waals surface area contributed by atoms with Gasteiger partial charge in [-0.15, -0.1) is 0 Å². The van der Waals surface area contributed by atoms with Crippen molar-refractivity contribution in [2.24, 2.45) is 0 Å². The summed E-state index contributed by atoms with van der Waals surface area (Å²) in [5, 5.41) is 9.12. The van der Waals surface area contributed by atoms with Crippen molar-refractivity contribution in [2.75, 3.05) is 5.73 Å². The molecule has 124 valence electrons. The molecule has 0 aliphatic carbocycles. The van der Waals surface area contributed by atoms with E-state index in [-0.39, 0.29) is 11.5 Å². The molecule has 1 aromatic heterocycles. The van der Waals surface area contributed by atoms with Gasteiger partial charge >= 0.3 is 6.18 Å². The maximum atomic E-state index is 12.8. The first-order chi connectivity index (χ1) is 11.9. The third-order valence-corrected chi connectivity index (χ3v) is 3.56. The van der Waals surface area contributed by atoms with Crippen LogP contribution in [0.4, 0.5) is 19.0 Å². The molecule has 7 heteroatoms. The van der Waals surface area contributed by atoms with Crippen LogP contribution in [0.1, 0.15) is 11.3 Å². The molecule has 0 radical (unpaired) electrons. The summed E-state index contributed by atoms with van der Waals surface area (Å²) in [5.74, 6) is -0.0305. The Balaban J connectivity index is 2.19. The number of aromatic nitrogens is 2. The van der Waals surface area contributed by atoms with Gasteiger partial charge in [0, 0.05) is 11.1 Å². The number of hydrogen-bond donors (Lipinski definition) is 1. The molecule has 0 aliphatic rings. The van der Waals surface area contributed by atoms with Gasteiger partial charge in [-0.2, -0.15) is 18.4 Å². The van der Waals surface area contributed by atoms with E-state index in [1.54, 1.807) is 24.3 Å². The molecule has 0 saturated heterocycles. The van der Waals surface area contributed by atoms with Crippen LogP contribution in [0.3, 0.4) is 0 Å². The first-order valence-electron chi connectivity index (χ1n) is 7.21. The minimum atomic E-state index is -4.43. The lowest BCUT2D eigenvalue weighted by Gasteiger charge is -2.12. The summed E-state index contributed by atoms with van der Waals surface area (Å²) in [4.78, 5) is 8.43. The van der Waals surface area contributed by atoms with Gasteiger partial charge in [-0.3, -0.25) is 0 Å². The zero-order valence-corrected chi connectivity index (χ0v) is 12.7. The number of nitriles is 1. The van der Waals surface area contributed by atoms with E-state index in [1.807, 2.05) is 12.1 Å². The molecule has 0 fully saturated rings. The lowest BCUT2D eigenvalue weighted by Crippen LogP contribution is -2.05. The molecule has 0 bridgehead atoms. The fraction of sp³-hybridized carbons (Fsp3) is 0.0556. The predicted molar refractivity (Wildman–Crippen MR) is 87.0 cm³/mol. The third kappa shape index (κ3) is 3.28. The van der Waals surface area contributed by atoms with E-state index in [4.69, 9.17) is 11.0 Å². The second-order valence-electron chi connectivity index (χ2n) is 5.21. The van der Waals surface area contributed by atoms with Gasteiger partial charge in [0.2, 0.25) is 0 Å². The van der Waals surface area contributed by atoms with Crippen molar-refractivity contribution in [2.45, 2.75) is 6.18 Å². The third-order valence-electron chi connectivity index (χ3n) is 3.56. The second-order valence-corrected chi connectivity index (χ2v) is 5.21. The summed E-state index contributed by atoms with van der Waals surface area (Å²) in [6.45, 7) is 0. The summed E-state index contributed by atoms with van der Waals surface area (Å²) >= 11 is 0. The van der Waals surface area contributed by atoms with Crippen LogP contribution in [-0.2, 0) is 6.18 Å². The highest BCUT2D eigenvalue weighted by Crippen LogP contribution is 2.34. The fourth-order valence-electron chi connectivity index (χ4n) is 2.35. The van der Waals surface area contributed by atoms with E-state index < -0.39 is 11.7 Å². The first-order valence-corrected chi connectivity index (χ1v) is 7.21. The van der Waals surface area contributed by atoms with Crippen LogP contribution in [0, 0.1) is 11.3 Å². The molecule has 25 heavy (non-hydrogen) atoms. The molecule has 3 rings (SSSR count). The average Bonchev–Trinajstić information content (AvgIpc) is 2.61. The first kappa shape index (κ1) is 16.5. The van der Waals surface area contributed by atoms with E-state index >= 15 is 0 Å². The second kappa shape index (κ2) is 6.24. The van der Waals surface area contributed by atoms with E-state index in [1.165, 1.54) is 12.1 Å². The molecule has 2 aromatic carbocycles. The molecular formula is C18H11F3N4. The van der Waals surface area contributed by atoms with Crippen LogP contribution in [0.15, 0.2) is 54.6 Å². The number of hydrogen-bond acceptors (Lipinski definition) is 4. The van der Waals surface area contributed by atoms with Crippen LogP contribution in [0.25, 0.3) is 22.5 Å². The van der Waals surface area contributed by atoms with E-state index in [0.717, 1.165) is 12.1 Å². The summed E-state index contributed by atoms with van der Waals surface area (Å²) in [6, 6.07) is 15.3. The van der Waals surface area contributed by atoms with Gasteiger partial charge in [0.15, 0.2) is 11.5 Å². The molecule has 0 unspecified atom stereocenters. The minimum absolute atomic E-state index is 0.0305. The molecule has 0 amide bonds. The highest BCUT2D eigenvalue weighted by Gasteiger charge is 2.30. The summed E-state index contributed by atoms with van der Waals surface area (Å²) in [5.41, 5.74) is 6.72. The van der Waals surface area contributed by atoms with Gasteiger partial charge in [-0.1, -0.05) is 42.5 Å². The number of halogens is 3. The van der Waals surface area contributed by atoms with Gasteiger partial charge < -0.3 is 5.73 Å². The van der Waals surface area contributed by atoms with Crippen molar-refractivity contribution in [3.63, 3.8) is 0 Å². The Bertz CT molecular complexity index is 943. The van der Waals surface area contributed by atoms with E-state index in [9.17, 15) is 13.2 Å². The molecule has 0 spiro atoms. The normalized spacial score (nSPS) is 11.1. The Labute approximate surface area is 141 Å². The standard InChI is InChI=1S/C18H11F3N4/c19-18(20,21)13-8-6-12(7-9-13)15-16(11-4-2-1-3-5-11)25-17(23)14(10-22)24-15/h1-9H,(H2,23,25). The quantitative estimate of drug-likeness (QED) is 0.755. The zero-order chi connectivity index (χ0) is 18.0.